The van der Waals surface area contributed by atoms with Gasteiger partial charge in [-0.3, -0.25) is 9.69 Å². The highest BCUT2D eigenvalue weighted by Gasteiger charge is 2.25. The number of likely N-dealkylation sites (N-methyl/N-ethyl adjacent to an activating group) is 1. The molecule has 2 unspecified atom stereocenters. The predicted molar refractivity (Wildman–Crippen MR) is 129 cm³/mol. The number of hydrogen-bond acceptors (Lipinski definition) is 4. The summed E-state index contributed by atoms with van der Waals surface area (Å²) in [5.74, 6) is 0.562. The van der Waals surface area contributed by atoms with Crippen molar-refractivity contribution in [3.05, 3.63) is 64.7 Å². The van der Waals surface area contributed by atoms with E-state index in [-0.39, 0.29) is 48.9 Å². The number of ether oxygens (including phenoxy) is 2. The lowest BCUT2D eigenvalue weighted by atomic mass is 10.0. The van der Waals surface area contributed by atoms with E-state index in [4.69, 9.17) is 21.1 Å². The standard InChI is InChI=1S/C22H27ClN2O3.2ClH.H2O/c1-16(12-17-6-8-20(9-7-17)28-15-22(26)24-2)25-10-11-27-21(14-25)18-4-3-5-19(23)13-18;;;/h3-9,13,16,21H,10-12,14-15H2,1-2H3,(H,24,26);2*1H;1H2. The molecule has 3 N–H and O–H groups in total. The Bertz CT molecular complexity index is 793. The molecule has 1 saturated heterocycles. The molecule has 1 heterocycles. The van der Waals surface area contributed by atoms with Gasteiger partial charge in [-0.2, -0.15) is 0 Å². The summed E-state index contributed by atoms with van der Waals surface area (Å²) in [7, 11) is 1.60. The van der Waals surface area contributed by atoms with Crippen LogP contribution >= 0.6 is 36.4 Å². The molecular formula is C22H31Cl3N2O4. The largest absolute Gasteiger partial charge is 0.484 e. The summed E-state index contributed by atoms with van der Waals surface area (Å²) < 4.78 is 11.4. The van der Waals surface area contributed by atoms with Gasteiger partial charge in [-0.05, 0) is 48.7 Å². The lowest BCUT2D eigenvalue weighted by Gasteiger charge is -2.37. The molecule has 2 aromatic carbocycles. The average molecular weight is 494 g/mol. The van der Waals surface area contributed by atoms with E-state index < -0.39 is 0 Å². The first-order valence-electron chi connectivity index (χ1n) is 9.58. The molecule has 0 spiro atoms. The molecule has 1 aliphatic rings. The van der Waals surface area contributed by atoms with Crippen molar-refractivity contribution in [1.29, 1.82) is 0 Å². The molecule has 31 heavy (non-hydrogen) atoms. The van der Waals surface area contributed by atoms with Gasteiger partial charge in [0.15, 0.2) is 6.61 Å². The number of morpholine rings is 1. The summed E-state index contributed by atoms with van der Waals surface area (Å²) in [4.78, 5) is 13.7. The van der Waals surface area contributed by atoms with Crippen LogP contribution in [0, 0.1) is 0 Å². The third-order valence-corrected chi connectivity index (χ3v) is 5.28. The van der Waals surface area contributed by atoms with Gasteiger partial charge in [0, 0.05) is 31.2 Å². The Morgan fingerprint density at radius 1 is 1.26 bits per heavy atom. The van der Waals surface area contributed by atoms with Gasteiger partial charge < -0.3 is 20.3 Å². The molecule has 3 rings (SSSR count). The van der Waals surface area contributed by atoms with E-state index in [9.17, 15) is 4.79 Å². The molecule has 0 saturated carbocycles. The van der Waals surface area contributed by atoms with Gasteiger partial charge in [0.25, 0.3) is 5.91 Å². The fraction of sp³-hybridized carbons (Fsp3) is 0.409. The number of amides is 1. The highest BCUT2D eigenvalue weighted by molar-refractivity contribution is 6.30. The van der Waals surface area contributed by atoms with Gasteiger partial charge in [0.05, 0.1) is 12.7 Å². The minimum atomic E-state index is -0.140. The van der Waals surface area contributed by atoms with E-state index in [1.54, 1.807) is 7.05 Å². The van der Waals surface area contributed by atoms with Crippen LogP contribution in [-0.2, 0) is 16.0 Å². The number of hydrogen-bond donors (Lipinski definition) is 1. The summed E-state index contributed by atoms with van der Waals surface area (Å²) in [6.45, 7) is 4.77. The van der Waals surface area contributed by atoms with Crippen molar-refractivity contribution >= 4 is 42.3 Å². The Morgan fingerprint density at radius 3 is 2.61 bits per heavy atom. The van der Waals surface area contributed by atoms with Crippen molar-refractivity contribution in [3.8, 4) is 5.75 Å². The van der Waals surface area contributed by atoms with Gasteiger partial charge in [0.1, 0.15) is 5.75 Å². The molecule has 1 amide bonds. The maximum Gasteiger partial charge on any atom is 0.257 e. The Morgan fingerprint density at radius 2 is 1.97 bits per heavy atom. The molecule has 0 bridgehead atoms. The fourth-order valence-corrected chi connectivity index (χ4v) is 3.59. The number of carbonyl (C=O) groups is 1. The second kappa shape index (κ2) is 14.5. The van der Waals surface area contributed by atoms with Gasteiger partial charge in [-0.1, -0.05) is 35.9 Å². The topological polar surface area (TPSA) is 82.3 Å². The average Bonchev–Trinajstić information content (AvgIpc) is 2.73. The van der Waals surface area contributed by atoms with E-state index in [1.807, 2.05) is 30.3 Å². The van der Waals surface area contributed by atoms with Crippen LogP contribution in [-0.4, -0.2) is 55.7 Å². The van der Waals surface area contributed by atoms with Crippen LogP contribution in [0.4, 0.5) is 0 Å². The van der Waals surface area contributed by atoms with Crippen molar-refractivity contribution in [2.24, 2.45) is 0 Å². The van der Waals surface area contributed by atoms with Crippen LogP contribution in [0.25, 0.3) is 0 Å². The number of nitrogens with zero attached hydrogens (tertiary/aromatic N) is 1. The van der Waals surface area contributed by atoms with Crippen LogP contribution in [0.2, 0.25) is 5.02 Å². The summed E-state index contributed by atoms with van der Waals surface area (Å²) in [5, 5.41) is 3.28. The molecule has 0 aliphatic carbocycles. The maximum atomic E-state index is 11.3. The monoisotopic (exact) mass is 492 g/mol. The quantitative estimate of drug-likeness (QED) is 0.640. The third-order valence-electron chi connectivity index (χ3n) is 5.04. The SMILES string of the molecule is CNC(=O)COc1ccc(CC(C)N2CCOC(c3cccc(Cl)c3)C2)cc1.Cl.Cl.O. The van der Waals surface area contributed by atoms with Crippen molar-refractivity contribution in [2.75, 3.05) is 33.4 Å². The Hall–Kier alpha value is -1.54. The first-order valence-corrected chi connectivity index (χ1v) is 9.96. The zero-order chi connectivity index (χ0) is 19.9. The van der Waals surface area contributed by atoms with E-state index in [0.29, 0.717) is 18.4 Å². The number of nitrogens with one attached hydrogen (secondary N) is 1. The molecule has 0 aromatic heterocycles. The zero-order valence-electron chi connectivity index (χ0n) is 17.7. The number of rotatable bonds is 7. The van der Waals surface area contributed by atoms with Crippen LogP contribution in [0.3, 0.4) is 0 Å². The normalized spacial score (nSPS) is 16.7. The molecule has 2 atom stereocenters. The van der Waals surface area contributed by atoms with Crippen molar-refractivity contribution in [3.63, 3.8) is 0 Å². The minimum Gasteiger partial charge on any atom is -0.484 e. The van der Waals surface area contributed by atoms with E-state index >= 15 is 0 Å². The molecule has 174 valence electrons. The van der Waals surface area contributed by atoms with E-state index in [0.717, 1.165) is 30.1 Å². The second-order valence-corrected chi connectivity index (χ2v) is 7.50. The van der Waals surface area contributed by atoms with Gasteiger partial charge in [-0.25, -0.2) is 0 Å². The van der Waals surface area contributed by atoms with E-state index in [2.05, 4.69) is 35.3 Å². The fourth-order valence-electron chi connectivity index (χ4n) is 3.39. The Kier molecular flexibility index (Phi) is 13.8. The van der Waals surface area contributed by atoms with E-state index in [1.165, 1.54) is 5.56 Å². The van der Waals surface area contributed by atoms with Crippen LogP contribution in [0.5, 0.6) is 5.75 Å². The predicted octanol–water partition coefficient (Wildman–Crippen LogP) is 3.49. The number of benzene rings is 2. The third kappa shape index (κ3) is 8.85. The van der Waals surface area contributed by atoms with Crippen LogP contribution in [0.15, 0.2) is 48.5 Å². The highest BCUT2D eigenvalue weighted by atomic mass is 35.5. The smallest absolute Gasteiger partial charge is 0.257 e. The zero-order valence-corrected chi connectivity index (χ0v) is 20.1. The molecule has 1 fully saturated rings. The minimum absolute atomic E-state index is 0. The molecule has 0 radical (unpaired) electrons. The second-order valence-electron chi connectivity index (χ2n) is 7.07. The van der Waals surface area contributed by atoms with Crippen LogP contribution in [0.1, 0.15) is 24.2 Å². The molecule has 6 nitrogen and oxygen atoms in total. The first-order chi connectivity index (χ1) is 13.5. The first kappa shape index (κ1) is 29.5. The summed E-state index contributed by atoms with van der Waals surface area (Å²) >= 11 is 6.13. The molecule has 1 aliphatic heterocycles. The maximum absolute atomic E-state index is 11.3. The van der Waals surface area contributed by atoms with Gasteiger partial charge in [-0.15, -0.1) is 24.8 Å². The van der Waals surface area contributed by atoms with Gasteiger partial charge >= 0.3 is 0 Å². The van der Waals surface area contributed by atoms with Crippen LogP contribution < -0.4 is 10.1 Å². The Labute approximate surface area is 201 Å². The van der Waals surface area contributed by atoms with Gasteiger partial charge in [0.2, 0.25) is 0 Å². The summed E-state index contributed by atoms with van der Waals surface area (Å²) in [6.07, 6.45) is 0.994. The lowest BCUT2D eigenvalue weighted by Crippen LogP contribution is -2.44. The lowest BCUT2D eigenvalue weighted by molar-refractivity contribution is -0.122. The highest BCUT2D eigenvalue weighted by Crippen LogP contribution is 2.26. The Balaban J connectivity index is 0.00000300. The summed E-state index contributed by atoms with van der Waals surface area (Å²) in [5.41, 5.74) is 2.37. The van der Waals surface area contributed by atoms with Crippen molar-refractivity contribution < 1.29 is 19.7 Å². The molecular weight excluding hydrogens is 463 g/mol. The number of halogens is 3. The van der Waals surface area contributed by atoms with Crippen molar-refractivity contribution in [2.45, 2.75) is 25.5 Å². The van der Waals surface area contributed by atoms with Crippen molar-refractivity contribution in [1.82, 2.24) is 10.2 Å². The molecule has 9 heteroatoms. The molecule has 2 aromatic rings. The summed E-state index contributed by atoms with van der Waals surface area (Å²) in [6, 6.07) is 16.3. The number of carbonyl (C=O) groups excluding carboxylic acids is 1.